The molecule has 32 heavy (non-hydrogen) atoms. The number of rotatable bonds is 5. The molecule has 2 aromatic carbocycles. The van der Waals surface area contributed by atoms with Crippen LogP contribution in [0.5, 0.6) is 5.75 Å². The van der Waals surface area contributed by atoms with Crippen molar-refractivity contribution in [1.29, 1.82) is 0 Å². The average Bonchev–Trinajstić information content (AvgIpc) is 3.30. The molecule has 1 amide bonds. The van der Waals surface area contributed by atoms with Crippen molar-refractivity contribution in [2.75, 3.05) is 7.11 Å². The number of hydrogen-bond donors (Lipinski definition) is 1. The Morgan fingerprint density at radius 1 is 1.16 bits per heavy atom. The molecule has 0 bridgehead atoms. The van der Waals surface area contributed by atoms with Gasteiger partial charge in [-0.2, -0.15) is 0 Å². The van der Waals surface area contributed by atoms with Gasteiger partial charge in [-0.05, 0) is 48.4 Å². The van der Waals surface area contributed by atoms with E-state index >= 15 is 0 Å². The number of carbonyl (C=O) groups is 1. The lowest BCUT2D eigenvalue weighted by atomic mass is 10.1. The van der Waals surface area contributed by atoms with Gasteiger partial charge >= 0.3 is 0 Å². The molecule has 4 rings (SSSR count). The molecule has 0 fully saturated rings. The summed E-state index contributed by atoms with van der Waals surface area (Å²) in [6, 6.07) is 6.92. The highest BCUT2D eigenvalue weighted by molar-refractivity contribution is 6.13. The predicted molar refractivity (Wildman–Crippen MR) is 111 cm³/mol. The molecule has 10 heteroatoms. The minimum atomic E-state index is -1.58. The van der Waals surface area contributed by atoms with E-state index in [0.717, 1.165) is 28.4 Å². The number of benzene rings is 2. The highest BCUT2D eigenvalue weighted by Crippen LogP contribution is 2.27. The van der Waals surface area contributed by atoms with Crippen molar-refractivity contribution in [2.24, 2.45) is 10.7 Å². The topological polar surface area (TPSA) is 85.7 Å². The van der Waals surface area contributed by atoms with Gasteiger partial charge in [0.2, 0.25) is 5.96 Å². The van der Waals surface area contributed by atoms with E-state index in [1.807, 2.05) is 17.7 Å². The molecule has 0 saturated carbocycles. The molecule has 2 N–H and O–H groups in total. The van der Waals surface area contributed by atoms with E-state index in [0.29, 0.717) is 11.3 Å². The Morgan fingerprint density at radius 3 is 2.50 bits per heavy atom. The Bertz CT molecular complexity index is 1260. The lowest BCUT2D eigenvalue weighted by molar-refractivity contribution is -0.123. The number of aromatic nitrogens is 2. The zero-order chi connectivity index (χ0) is 23.0. The highest BCUT2D eigenvalue weighted by Gasteiger charge is 2.29. The van der Waals surface area contributed by atoms with Gasteiger partial charge in [0.05, 0.1) is 31.4 Å². The second kappa shape index (κ2) is 8.22. The van der Waals surface area contributed by atoms with E-state index in [9.17, 15) is 18.0 Å². The number of aliphatic imine (C=N–C) groups is 1. The minimum absolute atomic E-state index is 0.0378. The van der Waals surface area contributed by atoms with E-state index in [1.165, 1.54) is 13.2 Å². The number of nitrogens with zero attached hydrogens (tertiary/aromatic N) is 4. The summed E-state index contributed by atoms with van der Waals surface area (Å²) in [5.74, 6) is -4.42. The summed E-state index contributed by atoms with van der Waals surface area (Å²) in [4.78, 5) is 22.1. The molecular formula is C22H18F3N5O2. The third kappa shape index (κ3) is 3.94. The van der Waals surface area contributed by atoms with Crippen molar-refractivity contribution < 1.29 is 22.7 Å². The summed E-state index contributed by atoms with van der Waals surface area (Å²) in [6.45, 7) is 1.61. The van der Waals surface area contributed by atoms with Crippen molar-refractivity contribution >= 4 is 17.9 Å². The molecule has 0 atom stereocenters. The fraction of sp³-hybridized carbons (Fsp3) is 0.136. The van der Waals surface area contributed by atoms with Gasteiger partial charge in [0.15, 0.2) is 17.5 Å². The largest absolute Gasteiger partial charge is 0.495 e. The van der Waals surface area contributed by atoms with Crippen LogP contribution in [0.2, 0.25) is 0 Å². The van der Waals surface area contributed by atoms with Gasteiger partial charge in [-0.1, -0.05) is 6.07 Å². The summed E-state index contributed by atoms with van der Waals surface area (Å²) >= 11 is 0. The Hall–Kier alpha value is -4.08. The van der Waals surface area contributed by atoms with Crippen molar-refractivity contribution in [2.45, 2.75) is 13.5 Å². The third-order valence-electron chi connectivity index (χ3n) is 4.86. The molecular weight excluding hydrogens is 423 g/mol. The Kier molecular flexibility index (Phi) is 5.43. The van der Waals surface area contributed by atoms with E-state index in [1.54, 1.807) is 24.5 Å². The number of aryl methyl sites for hydroxylation is 1. The standard InChI is InChI=1S/C22H18F3N5O2/c1-12-9-29(11-27-12)18-4-3-13(8-19(18)32-2)7-17-21(31)30(22(26)28-17)10-14-5-15(23)20(25)16(24)6-14/h3-9,11H,10H2,1-2H3,(H2,26,28)/b17-7-. The Balaban J connectivity index is 1.59. The molecule has 0 aliphatic carbocycles. The fourth-order valence-electron chi connectivity index (χ4n) is 3.31. The summed E-state index contributed by atoms with van der Waals surface area (Å²) in [5, 5.41) is 0. The number of imidazole rings is 1. The molecule has 0 unspecified atom stereocenters. The van der Waals surface area contributed by atoms with Crippen molar-refractivity contribution in [3.63, 3.8) is 0 Å². The highest BCUT2D eigenvalue weighted by atomic mass is 19.2. The van der Waals surface area contributed by atoms with Crippen molar-refractivity contribution in [3.8, 4) is 11.4 Å². The monoisotopic (exact) mass is 441 g/mol. The van der Waals surface area contributed by atoms with E-state index in [4.69, 9.17) is 10.5 Å². The van der Waals surface area contributed by atoms with Crippen LogP contribution in [0.4, 0.5) is 13.2 Å². The zero-order valence-corrected chi connectivity index (χ0v) is 17.1. The van der Waals surface area contributed by atoms with Crippen LogP contribution in [0.1, 0.15) is 16.8 Å². The van der Waals surface area contributed by atoms with Gasteiger partial charge in [0, 0.05) is 6.20 Å². The number of hydrogen-bond acceptors (Lipinski definition) is 5. The Labute approximate surface area is 181 Å². The molecule has 1 aliphatic rings. The van der Waals surface area contributed by atoms with Gasteiger partial charge in [0.25, 0.3) is 5.91 Å². The van der Waals surface area contributed by atoms with Crippen molar-refractivity contribution in [3.05, 3.63) is 82.8 Å². The van der Waals surface area contributed by atoms with Gasteiger partial charge < -0.3 is 15.0 Å². The summed E-state index contributed by atoms with van der Waals surface area (Å²) < 4.78 is 47.4. The van der Waals surface area contributed by atoms with E-state index in [2.05, 4.69) is 9.98 Å². The van der Waals surface area contributed by atoms with Gasteiger partial charge in [-0.3, -0.25) is 9.69 Å². The first-order chi connectivity index (χ1) is 15.3. The SMILES string of the molecule is COc1cc(/C=C2\N=C(N)N(Cc3cc(F)c(F)c(F)c3)C2=O)ccc1-n1cnc(C)c1. The van der Waals surface area contributed by atoms with Gasteiger partial charge in [0.1, 0.15) is 11.4 Å². The lowest BCUT2D eigenvalue weighted by Crippen LogP contribution is -2.36. The first-order valence-electron chi connectivity index (χ1n) is 9.47. The molecule has 2 heterocycles. The fourth-order valence-corrected chi connectivity index (χ4v) is 3.31. The summed E-state index contributed by atoms with van der Waals surface area (Å²) in [6.07, 6.45) is 5.03. The number of ether oxygens (including phenoxy) is 1. The smallest absolute Gasteiger partial charge is 0.279 e. The normalized spacial score (nSPS) is 14.9. The number of amides is 1. The third-order valence-corrected chi connectivity index (χ3v) is 4.86. The number of guanidine groups is 1. The molecule has 1 aliphatic heterocycles. The number of halogens is 3. The van der Waals surface area contributed by atoms with Crippen LogP contribution in [0.25, 0.3) is 11.8 Å². The first kappa shape index (κ1) is 21.2. The zero-order valence-electron chi connectivity index (χ0n) is 17.1. The van der Waals surface area contributed by atoms with Crippen LogP contribution in [0.15, 0.2) is 53.5 Å². The van der Waals surface area contributed by atoms with Crippen LogP contribution in [-0.2, 0) is 11.3 Å². The molecule has 0 spiro atoms. The van der Waals surface area contributed by atoms with Gasteiger partial charge in [-0.25, -0.2) is 23.1 Å². The molecule has 164 valence electrons. The summed E-state index contributed by atoms with van der Waals surface area (Å²) in [7, 11) is 1.53. The maximum atomic E-state index is 13.5. The maximum Gasteiger partial charge on any atom is 0.279 e. The number of methoxy groups -OCH3 is 1. The molecule has 7 nitrogen and oxygen atoms in total. The number of carbonyl (C=O) groups excluding carboxylic acids is 1. The van der Waals surface area contributed by atoms with Gasteiger partial charge in [-0.15, -0.1) is 0 Å². The predicted octanol–water partition coefficient (Wildman–Crippen LogP) is 3.30. The second-order valence-corrected chi connectivity index (χ2v) is 7.12. The second-order valence-electron chi connectivity index (χ2n) is 7.12. The van der Waals surface area contributed by atoms with E-state index in [-0.39, 0.29) is 23.8 Å². The summed E-state index contributed by atoms with van der Waals surface area (Å²) in [5.41, 5.74) is 8.16. The van der Waals surface area contributed by atoms with E-state index < -0.39 is 23.4 Å². The van der Waals surface area contributed by atoms with Crippen LogP contribution in [0, 0.1) is 24.4 Å². The van der Waals surface area contributed by atoms with Crippen LogP contribution in [-0.4, -0.2) is 33.4 Å². The Morgan fingerprint density at radius 2 is 1.88 bits per heavy atom. The molecule has 0 radical (unpaired) electrons. The van der Waals surface area contributed by atoms with Crippen molar-refractivity contribution in [1.82, 2.24) is 14.5 Å². The number of nitrogens with two attached hydrogens (primary N) is 1. The van der Waals surface area contributed by atoms with Crippen LogP contribution in [0.3, 0.4) is 0 Å². The first-order valence-corrected chi connectivity index (χ1v) is 9.47. The molecule has 3 aromatic rings. The molecule has 0 saturated heterocycles. The maximum absolute atomic E-state index is 13.5. The van der Waals surface area contributed by atoms with Crippen LogP contribution < -0.4 is 10.5 Å². The van der Waals surface area contributed by atoms with Crippen LogP contribution >= 0.6 is 0 Å². The minimum Gasteiger partial charge on any atom is -0.495 e. The average molecular weight is 441 g/mol. The lowest BCUT2D eigenvalue weighted by Gasteiger charge is -2.15. The quantitative estimate of drug-likeness (QED) is 0.486. The molecule has 1 aromatic heterocycles.